The zero-order valence-electron chi connectivity index (χ0n) is 34.8. The maximum atomic E-state index is 15.4. The van der Waals surface area contributed by atoms with Crippen LogP contribution in [0.1, 0.15) is 46.3 Å². The number of halogens is 5. The molecule has 1 aliphatic carbocycles. The Hall–Kier alpha value is -6.86. The van der Waals surface area contributed by atoms with Crippen molar-refractivity contribution in [2.75, 3.05) is 19.6 Å². The SMILES string of the molecule is COc1cc2nc(CCn3c(=O)n4n(c3=O)C3CC5C(=O)N(Nc6ncc(C(F)(F)F)cc6Cl)C(=O)C5(c5ccc(Cl)cc5)C(c5ccc(O)c(C)c5)C3=CC4)c(=O)n(C)c2cc1OC. The van der Waals surface area contributed by atoms with Crippen molar-refractivity contribution in [3.8, 4) is 17.2 Å². The summed E-state index contributed by atoms with van der Waals surface area (Å²) in [7, 11) is 4.49. The molecule has 3 aliphatic rings. The van der Waals surface area contributed by atoms with Crippen molar-refractivity contribution in [2.45, 2.75) is 56.4 Å². The number of pyridine rings is 1. The van der Waals surface area contributed by atoms with Gasteiger partial charge in [-0.05, 0) is 59.9 Å². The largest absolute Gasteiger partial charge is 0.508 e. The topological polar surface area (TPSA) is 185 Å². The molecule has 3 aromatic heterocycles. The molecule has 9 rings (SSSR count). The molecule has 21 heteroatoms. The Morgan fingerprint density at radius 1 is 0.954 bits per heavy atom. The van der Waals surface area contributed by atoms with Gasteiger partial charge in [0.05, 0.1) is 59.8 Å². The van der Waals surface area contributed by atoms with Crippen LogP contribution in [0.5, 0.6) is 17.2 Å². The van der Waals surface area contributed by atoms with Crippen molar-refractivity contribution in [3.05, 3.63) is 148 Å². The predicted octanol–water partition coefficient (Wildman–Crippen LogP) is 5.67. The number of phenolic OH excluding ortho intramolecular Hbond substituents is 1. The van der Waals surface area contributed by atoms with Crippen LogP contribution in [0.15, 0.2) is 92.9 Å². The van der Waals surface area contributed by atoms with E-state index in [2.05, 4.69) is 15.4 Å². The molecule has 5 heterocycles. The van der Waals surface area contributed by atoms with Gasteiger partial charge in [-0.2, -0.15) is 18.2 Å². The summed E-state index contributed by atoms with van der Waals surface area (Å²) >= 11 is 12.6. The average Bonchev–Trinajstić information content (AvgIpc) is 3.65. The van der Waals surface area contributed by atoms with E-state index in [4.69, 9.17) is 32.7 Å². The molecule has 336 valence electrons. The van der Waals surface area contributed by atoms with Gasteiger partial charge in [-0.3, -0.25) is 19.8 Å². The number of hydrogen-bond acceptors (Lipinski definition) is 11. The van der Waals surface area contributed by atoms with E-state index in [0.717, 1.165) is 4.57 Å². The van der Waals surface area contributed by atoms with Gasteiger partial charge in [0.15, 0.2) is 17.3 Å². The van der Waals surface area contributed by atoms with Gasteiger partial charge in [0.2, 0.25) is 0 Å². The highest BCUT2D eigenvalue weighted by Crippen LogP contribution is 2.62. The first-order chi connectivity index (χ1) is 30.9. The minimum Gasteiger partial charge on any atom is -0.508 e. The number of nitrogens with zero attached hydrogens (tertiary/aromatic N) is 7. The van der Waals surface area contributed by atoms with Crippen molar-refractivity contribution in [3.63, 3.8) is 0 Å². The number of hydrogen-bond donors (Lipinski definition) is 2. The predicted molar refractivity (Wildman–Crippen MR) is 230 cm³/mol. The van der Waals surface area contributed by atoms with Crippen molar-refractivity contribution < 1.29 is 37.3 Å². The second-order valence-electron chi connectivity index (χ2n) is 16.0. The summed E-state index contributed by atoms with van der Waals surface area (Å²) in [6, 6.07) is 13.9. The van der Waals surface area contributed by atoms with Gasteiger partial charge < -0.3 is 19.1 Å². The normalized spacial score (nSPS) is 20.4. The van der Waals surface area contributed by atoms with Gasteiger partial charge in [0.1, 0.15) is 11.4 Å². The molecule has 0 spiro atoms. The molecule has 2 N–H and O–H groups in total. The molecule has 1 saturated carbocycles. The number of imide groups is 1. The first kappa shape index (κ1) is 43.4. The summed E-state index contributed by atoms with van der Waals surface area (Å²) in [5.74, 6) is -3.66. The zero-order valence-corrected chi connectivity index (χ0v) is 36.3. The zero-order chi connectivity index (χ0) is 46.4. The molecular formula is C44H37Cl2F3N8O8. The summed E-state index contributed by atoms with van der Waals surface area (Å²) in [6.45, 7) is 1.28. The summed E-state index contributed by atoms with van der Waals surface area (Å²) in [5, 5.41) is 11.1. The van der Waals surface area contributed by atoms with Gasteiger partial charge in [-0.1, -0.05) is 53.5 Å². The smallest absolute Gasteiger partial charge is 0.417 e. The van der Waals surface area contributed by atoms with Crippen LogP contribution in [0, 0.1) is 12.8 Å². The lowest BCUT2D eigenvalue weighted by atomic mass is 9.53. The minimum atomic E-state index is -4.78. The molecule has 2 amide bonds. The summed E-state index contributed by atoms with van der Waals surface area (Å²) in [5.41, 5.74) is 0.442. The number of fused-ring (bicyclic) bond motifs is 5. The Kier molecular flexibility index (Phi) is 10.5. The monoisotopic (exact) mass is 932 g/mol. The fourth-order valence-electron chi connectivity index (χ4n) is 9.61. The van der Waals surface area contributed by atoms with E-state index >= 15 is 4.79 Å². The third kappa shape index (κ3) is 6.69. The molecule has 65 heavy (non-hydrogen) atoms. The van der Waals surface area contributed by atoms with Crippen LogP contribution in [0.25, 0.3) is 11.0 Å². The van der Waals surface area contributed by atoms with Crippen molar-refractivity contribution in [1.29, 1.82) is 0 Å². The number of anilines is 1. The van der Waals surface area contributed by atoms with E-state index < -0.39 is 74.6 Å². The Bertz CT molecular complexity index is 3220. The van der Waals surface area contributed by atoms with Gasteiger partial charge >= 0.3 is 17.6 Å². The van der Waals surface area contributed by atoms with Crippen molar-refractivity contribution in [2.24, 2.45) is 13.0 Å². The maximum absolute atomic E-state index is 15.4. The van der Waals surface area contributed by atoms with Crippen molar-refractivity contribution in [1.82, 2.24) is 33.5 Å². The first-order valence-electron chi connectivity index (χ1n) is 20.1. The van der Waals surface area contributed by atoms with Crippen LogP contribution >= 0.6 is 23.2 Å². The highest BCUT2D eigenvalue weighted by molar-refractivity contribution is 6.33. The quantitative estimate of drug-likeness (QED) is 0.135. The average molecular weight is 934 g/mol. The van der Waals surface area contributed by atoms with E-state index in [1.807, 2.05) is 0 Å². The van der Waals surface area contributed by atoms with E-state index in [-0.39, 0.29) is 37.4 Å². The number of alkyl halides is 3. The van der Waals surface area contributed by atoms with E-state index in [1.54, 1.807) is 68.6 Å². The number of aryl methyl sites for hydroxylation is 3. The Morgan fingerprint density at radius 2 is 1.66 bits per heavy atom. The number of amides is 2. The van der Waals surface area contributed by atoms with Gasteiger partial charge in [-0.25, -0.2) is 33.5 Å². The number of carbonyl (C=O) groups is 2. The number of benzene rings is 3. The van der Waals surface area contributed by atoms with Crippen molar-refractivity contribution >= 4 is 51.9 Å². The van der Waals surface area contributed by atoms with Crippen LogP contribution in [-0.4, -0.2) is 64.6 Å². The van der Waals surface area contributed by atoms with E-state index in [0.29, 0.717) is 67.1 Å². The van der Waals surface area contributed by atoms with Gasteiger partial charge in [0, 0.05) is 49.3 Å². The lowest BCUT2D eigenvalue weighted by molar-refractivity contribution is -0.139. The first-order valence-corrected chi connectivity index (χ1v) is 20.8. The van der Waals surface area contributed by atoms with Crippen LogP contribution in [0.2, 0.25) is 10.0 Å². The third-order valence-corrected chi connectivity index (χ3v) is 13.2. The number of nitrogens with one attached hydrogen (secondary N) is 1. The second kappa shape index (κ2) is 15.7. The third-order valence-electron chi connectivity index (χ3n) is 12.7. The standard InChI is InChI=1S/C44H37Cl2F3N8O8/c1-21-15-22(5-10-33(21)58)36-26-11-14-55-41(62)54(13-12-29-39(60)53(2)32-19-35(65-4)34(64-3)18-30(32)51-29)42(63)57(55)31(26)17-27-38(59)56(40(61)43(27,36)23-6-8-25(45)9-7-23)52-37-28(46)16-24(20-50-37)44(47,48)49/h5-11,15-16,18-20,27,31,36,58H,12-14,17H2,1-4H3,(H,50,52). The number of hydrazine groups is 1. The number of methoxy groups -OCH3 is 2. The molecule has 4 atom stereocenters. The summed E-state index contributed by atoms with van der Waals surface area (Å²) in [6.07, 6.45) is -2.86. The van der Waals surface area contributed by atoms with Gasteiger partial charge in [0.25, 0.3) is 17.4 Å². The number of aromatic nitrogens is 6. The molecule has 16 nitrogen and oxygen atoms in total. The van der Waals surface area contributed by atoms with E-state index in [9.17, 15) is 37.5 Å². The number of ether oxygens (including phenoxy) is 2. The Labute approximate surface area is 375 Å². The Morgan fingerprint density at radius 3 is 2.32 bits per heavy atom. The second-order valence-corrected chi connectivity index (χ2v) is 16.9. The number of phenols is 1. The molecule has 3 aromatic carbocycles. The van der Waals surface area contributed by atoms with Crippen LogP contribution in [-0.2, 0) is 47.7 Å². The van der Waals surface area contributed by atoms with Gasteiger partial charge in [-0.15, -0.1) is 0 Å². The molecule has 1 saturated heterocycles. The fraction of sp³-hybridized carbons (Fsp3) is 0.295. The highest BCUT2D eigenvalue weighted by Gasteiger charge is 2.69. The van der Waals surface area contributed by atoms with Crippen LogP contribution in [0.3, 0.4) is 0 Å². The molecular weight excluding hydrogens is 896 g/mol. The van der Waals surface area contributed by atoms with E-state index in [1.165, 1.54) is 34.2 Å². The minimum absolute atomic E-state index is 0.0484. The fourth-order valence-corrected chi connectivity index (χ4v) is 9.94. The van der Waals surface area contributed by atoms with Crippen LogP contribution < -0.4 is 31.8 Å². The number of rotatable bonds is 9. The summed E-state index contributed by atoms with van der Waals surface area (Å²) < 4.78 is 56.4. The summed E-state index contributed by atoms with van der Waals surface area (Å²) in [4.78, 5) is 81.2. The number of allylic oxidation sites excluding steroid dienone is 2. The molecule has 4 unspecified atom stereocenters. The molecule has 2 fully saturated rings. The molecule has 6 aromatic rings. The Balaban J connectivity index is 1.17. The maximum Gasteiger partial charge on any atom is 0.417 e. The van der Waals surface area contributed by atoms with Crippen LogP contribution in [0.4, 0.5) is 19.0 Å². The number of carbonyl (C=O) groups excluding carboxylic acids is 2. The molecule has 0 bridgehead atoms. The lowest BCUT2D eigenvalue weighted by Crippen LogP contribution is -2.53. The lowest BCUT2D eigenvalue weighted by Gasteiger charge is -2.49. The highest BCUT2D eigenvalue weighted by atomic mass is 35.5. The molecule has 2 aliphatic heterocycles. The number of aromatic hydroxyl groups is 1. The molecule has 0 radical (unpaired) electrons.